The van der Waals surface area contributed by atoms with Crippen LogP contribution in [-0.4, -0.2) is 29.8 Å². The molecule has 2 heterocycles. The van der Waals surface area contributed by atoms with E-state index in [4.69, 9.17) is 0 Å². The van der Waals surface area contributed by atoms with Gasteiger partial charge in [-0.1, -0.05) is 18.2 Å². The van der Waals surface area contributed by atoms with Crippen molar-refractivity contribution in [2.75, 3.05) is 18.4 Å². The van der Waals surface area contributed by atoms with E-state index in [1.165, 1.54) is 6.92 Å². The number of amides is 2. The molecule has 96 valence electrons. The Balaban J connectivity index is 2.15. The van der Waals surface area contributed by atoms with Gasteiger partial charge in [0.15, 0.2) is 0 Å². The SMILES string of the molecule is CC(=O)N1CC(C#N)C2(C1)C(=O)Nc1ccccc12. The first-order valence-corrected chi connectivity index (χ1v) is 6.15. The summed E-state index contributed by atoms with van der Waals surface area (Å²) in [6.45, 7) is 2.06. The highest BCUT2D eigenvalue weighted by Gasteiger charge is 2.58. The van der Waals surface area contributed by atoms with E-state index in [1.807, 2.05) is 24.3 Å². The summed E-state index contributed by atoms with van der Waals surface area (Å²) >= 11 is 0. The topological polar surface area (TPSA) is 73.2 Å². The van der Waals surface area contributed by atoms with Crippen molar-refractivity contribution in [3.63, 3.8) is 0 Å². The van der Waals surface area contributed by atoms with Crippen molar-refractivity contribution in [3.8, 4) is 6.07 Å². The highest BCUT2D eigenvalue weighted by atomic mass is 16.2. The molecule has 2 atom stereocenters. The number of hydrogen-bond donors (Lipinski definition) is 1. The Morgan fingerprint density at radius 3 is 2.95 bits per heavy atom. The largest absolute Gasteiger partial charge is 0.340 e. The molecule has 1 saturated heterocycles. The van der Waals surface area contributed by atoms with E-state index in [0.717, 1.165) is 11.3 Å². The molecule has 0 radical (unpaired) electrons. The van der Waals surface area contributed by atoms with Crippen molar-refractivity contribution >= 4 is 17.5 Å². The average Bonchev–Trinajstić information content (AvgIpc) is 2.91. The van der Waals surface area contributed by atoms with Gasteiger partial charge >= 0.3 is 0 Å². The highest BCUT2D eigenvalue weighted by molar-refractivity contribution is 6.07. The van der Waals surface area contributed by atoms with Gasteiger partial charge in [0.1, 0.15) is 5.41 Å². The Hall–Kier alpha value is -2.35. The second-order valence-electron chi connectivity index (χ2n) is 5.05. The maximum atomic E-state index is 12.4. The number of carbonyl (C=O) groups is 2. The van der Waals surface area contributed by atoms with E-state index in [9.17, 15) is 14.9 Å². The van der Waals surface area contributed by atoms with Crippen molar-refractivity contribution in [3.05, 3.63) is 29.8 Å². The monoisotopic (exact) mass is 255 g/mol. The molecule has 2 aliphatic rings. The molecule has 1 aromatic rings. The highest BCUT2D eigenvalue weighted by Crippen LogP contribution is 2.47. The maximum absolute atomic E-state index is 12.4. The molecule has 2 amide bonds. The van der Waals surface area contributed by atoms with Crippen LogP contribution in [0.4, 0.5) is 5.69 Å². The Labute approximate surface area is 110 Å². The van der Waals surface area contributed by atoms with Gasteiger partial charge < -0.3 is 10.2 Å². The fraction of sp³-hybridized carbons (Fsp3) is 0.357. The van der Waals surface area contributed by atoms with Crippen LogP contribution in [0.5, 0.6) is 0 Å². The minimum atomic E-state index is -0.906. The predicted molar refractivity (Wildman–Crippen MR) is 68.1 cm³/mol. The number of anilines is 1. The molecule has 1 spiro atoms. The lowest BCUT2D eigenvalue weighted by molar-refractivity contribution is -0.128. The maximum Gasteiger partial charge on any atom is 0.238 e. The summed E-state index contributed by atoms with van der Waals surface area (Å²) < 4.78 is 0. The number of carbonyl (C=O) groups excluding carboxylic acids is 2. The zero-order valence-corrected chi connectivity index (χ0v) is 10.5. The predicted octanol–water partition coefficient (Wildman–Crippen LogP) is 0.878. The average molecular weight is 255 g/mol. The molecular weight excluding hydrogens is 242 g/mol. The van der Waals surface area contributed by atoms with Gasteiger partial charge in [-0.25, -0.2) is 0 Å². The fourth-order valence-corrected chi connectivity index (χ4v) is 3.08. The standard InChI is InChI=1S/C14H13N3O2/c1-9(18)17-7-10(6-15)14(8-17)11-4-2-3-5-12(11)16-13(14)19/h2-5,10H,7-8H2,1H3,(H,16,19). The lowest BCUT2D eigenvalue weighted by atomic mass is 9.74. The number of likely N-dealkylation sites (tertiary alicyclic amines) is 1. The first kappa shape index (κ1) is 11.7. The minimum Gasteiger partial charge on any atom is -0.340 e. The molecule has 1 N–H and O–H groups in total. The van der Waals surface area contributed by atoms with E-state index < -0.39 is 11.3 Å². The smallest absolute Gasteiger partial charge is 0.238 e. The third kappa shape index (κ3) is 1.40. The third-order valence-electron chi connectivity index (χ3n) is 4.10. The number of para-hydroxylation sites is 1. The number of nitriles is 1. The van der Waals surface area contributed by atoms with Crippen molar-refractivity contribution in [1.82, 2.24) is 4.90 Å². The van der Waals surface area contributed by atoms with Crippen LogP contribution in [-0.2, 0) is 15.0 Å². The van der Waals surface area contributed by atoms with Crippen LogP contribution in [0.1, 0.15) is 12.5 Å². The van der Waals surface area contributed by atoms with E-state index in [1.54, 1.807) is 4.90 Å². The van der Waals surface area contributed by atoms with Gasteiger partial charge in [-0.2, -0.15) is 5.26 Å². The first-order valence-electron chi connectivity index (χ1n) is 6.15. The van der Waals surface area contributed by atoms with E-state index in [0.29, 0.717) is 6.54 Å². The van der Waals surface area contributed by atoms with Crippen LogP contribution in [0, 0.1) is 17.2 Å². The fourth-order valence-electron chi connectivity index (χ4n) is 3.08. The van der Waals surface area contributed by atoms with Crippen molar-refractivity contribution in [1.29, 1.82) is 5.26 Å². The summed E-state index contributed by atoms with van der Waals surface area (Å²) in [7, 11) is 0. The second-order valence-corrected chi connectivity index (χ2v) is 5.05. The molecular formula is C14H13N3O2. The first-order chi connectivity index (χ1) is 9.09. The van der Waals surface area contributed by atoms with E-state index >= 15 is 0 Å². The molecule has 0 bridgehead atoms. The van der Waals surface area contributed by atoms with Gasteiger partial charge in [-0.3, -0.25) is 9.59 Å². The van der Waals surface area contributed by atoms with Crippen molar-refractivity contribution in [2.24, 2.45) is 5.92 Å². The van der Waals surface area contributed by atoms with Crippen LogP contribution < -0.4 is 5.32 Å². The molecule has 0 saturated carbocycles. The normalized spacial score (nSPS) is 28.1. The molecule has 1 fully saturated rings. The van der Waals surface area contributed by atoms with Gasteiger partial charge in [0.25, 0.3) is 0 Å². The molecule has 2 unspecified atom stereocenters. The van der Waals surface area contributed by atoms with Crippen LogP contribution >= 0.6 is 0 Å². The lowest BCUT2D eigenvalue weighted by Crippen LogP contribution is -2.42. The van der Waals surface area contributed by atoms with Crippen LogP contribution in [0.2, 0.25) is 0 Å². The minimum absolute atomic E-state index is 0.102. The second kappa shape index (κ2) is 3.82. The van der Waals surface area contributed by atoms with Crippen molar-refractivity contribution in [2.45, 2.75) is 12.3 Å². The Morgan fingerprint density at radius 1 is 1.53 bits per heavy atom. The lowest BCUT2D eigenvalue weighted by Gasteiger charge is -2.24. The molecule has 2 aliphatic heterocycles. The summed E-state index contributed by atoms with van der Waals surface area (Å²) in [5, 5.41) is 12.2. The Morgan fingerprint density at radius 2 is 2.26 bits per heavy atom. The molecule has 3 rings (SSSR count). The van der Waals surface area contributed by atoms with E-state index in [2.05, 4.69) is 11.4 Å². The number of nitrogens with zero attached hydrogens (tertiary/aromatic N) is 2. The van der Waals surface area contributed by atoms with Crippen LogP contribution in [0.3, 0.4) is 0 Å². The summed E-state index contributed by atoms with van der Waals surface area (Å²) in [5.74, 6) is -0.779. The third-order valence-corrected chi connectivity index (χ3v) is 4.10. The number of fused-ring (bicyclic) bond motifs is 2. The van der Waals surface area contributed by atoms with E-state index in [-0.39, 0.29) is 18.4 Å². The Kier molecular flexibility index (Phi) is 2.36. The number of rotatable bonds is 0. The zero-order chi connectivity index (χ0) is 13.6. The molecule has 0 aromatic heterocycles. The van der Waals surface area contributed by atoms with Gasteiger partial charge in [0, 0.05) is 25.7 Å². The van der Waals surface area contributed by atoms with Crippen LogP contribution in [0.15, 0.2) is 24.3 Å². The number of nitrogens with one attached hydrogen (secondary N) is 1. The molecule has 19 heavy (non-hydrogen) atoms. The van der Waals surface area contributed by atoms with Crippen molar-refractivity contribution < 1.29 is 9.59 Å². The molecule has 1 aromatic carbocycles. The number of benzene rings is 1. The Bertz CT molecular complexity index is 619. The summed E-state index contributed by atoms with van der Waals surface area (Å²) in [5.41, 5.74) is 0.672. The van der Waals surface area contributed by atoms with Gasteiger partial charge in [-0.05, 0) is 11.6 Å². The van der Waals surface area contributed by atoms with Crippen LogP contribution in [0.25, 0.3) is 0 Å². The van der Waals surface area contributed by atoms with Gasteiger partial charge in [0.2, 0.25) is 11.8 Å². The molecule has 0 aliphatic carbocycles. The summed E-state index contributed by atoms with van der Waals surface area (Å²) in [4.78, 5) is 25.5. The molecule has 5 heteroatoms. The summed E-state index contributed by atoms with van der Waals surface area (Å²) in [6.07, 6.45) is 0. The molecule has 5 nitrogen and oxygen atoms in total. The zero-order valence-electron chi connectivity index (χ0n) is 10.5. The number of hydrogen-bond acceptors (Lipinski definition) is 3. The van der Waals surface area contributed by atoms with Gasteiger partial charge in [-0.15, -0.1) is 0 Å². The summed E-state index contributed by atoms with van der Waals surface area (Å²) in [6, 6.07) is 9.58. The van der Waals surface area contributed by atoms with Gasteiger partial charge in [0.05, 0.1) is 12.0 Å². The quantitative estimate of drug-likeness (QED) is 0.747.